The van der Waals surface area contributed by atoms with Crippen LogP contribution >= 0.6 is 0 Å². The third-order valence-electron chi connectivity index (χ3n) is 6.54. The summed E-state index contributed by atoms with van der Waals surface area (Å²) in [6.45, 7) is 6.29. The fraction of sp³-hybridized carbons (Fsp3) is 0.583. The van der Waals surface area contributed by atoms with Gasteiger partial charge in [0.05, 0.1) is 0 Å². The molecule has 0 atom stereocenters. The number of benzene rings is 1. The minimum absolute atomic E-state index is 0.756. The number of hydrogen-bond donors (Lipinski definition) is 0. The maximum Gasteiger partial charge on any atom is -0.0162 e. The van der Waals surface area contributed by atoms with Gasteiger partial charge in [-0.2, -0.15) is 0 Å². The molecular formula is C24H34. The van der Waals surface area contributed by atoms with Crippen molar-refractivity contribution in [2.45, 2.75) is 70.6 Å². The average molecular weight is 323 g/mol. The lowest BCUT2D eigenvalue weighted by atomic mass is 9.78. The maximum atomic E-state index is 3.95. The van der Waals surface area contributed by atoms with E-state index >= 15 is 0 Å². The highest BCUT2D eigenvalue weighted by atomic mass is 14.3. The van der Waals surface area contributed by atoms with E-state index in [9.17, 15) is 0 Å². The van der Waals surface area contributed by atoms with Crippen LogP contribution < -0.4 is 0 Å². The molecule has 0 amide bonds. The molecule has 2 fully saturated rings. The first-order valence-corrected chi connectivity index (χ1v) is 10.2. The first kappa shape index (κ1) is 17.5. The third-order valence-corrected chi connectivity index (χ3v) is 6.54. The molecule has 24 heavy (non-hydrogen) atoms. The summed E-state index contributed by atoms with van der Waals surface area (Å²) in [6.07, 6.45) is 19.3. The number of allylic oxidation sites excluding steroid dienone is 2. The highest BCUT2D eigenvalue weighted by Gasteiger charge is 2.20. The summed E-state index contributed by atoms with van der Waals surface area (Å²) in [6, 6.07) is 9.38. The van der Waals surface area contributed by atoms with Gasteiger partial charge in [0.1, 0.15) is 0 Å². The van der Waals surface area contributed by atoms with E-state index in [-0.39, 0.29) is 0 Å². The Morgan fingerprint density at radius 3 is 2.08 bits per heavy atom. The molecule has 0 unspecified atom stereocenters. The Bertz CT molecular complexity index is 520. The van der Waals surface area contributed by atoms with Crippen LogP contribution in [0, 0.1) is 17.8 Å². The van der Waals surface area contributed by atoms with Crippen LogP contribution in [0.4, 0.5) is 0 Å². The first-order chi connectivity index (χ1) is 11.8. The van der Waals surface area contributed by atoms with Gasteiger partial charge in [0.25, 0.3) is 0 Å². The summed E-state index contributed by atoms with van der Waals surface area (Å²) in [5.41, 5.74) is 2.91. The number of hydrogen-bond acceptors (Lipinski definition) is 0. The molecule has 2 aliphatic carbocycles. The molecule has 0 aliphatic heterocycles. The van der Waals surface area contributed by atoms with Gasteiger partial charge >= 0.3 is 0 Å². The SMILES string of the molecule is C=CC1CCC(c2ccc(/C=C/C3CCC(CC)CC3)cc2)CC1. The predicted molar refractivity (Wildman–Crippen MR) is 106 cm³/mol. The maximum absolute atomic E-state index is 3.95. The van der Waals surface area contributed by atoms with E-state index in [4.69, 9.17) is 0 Å². The largest absolute Gasteiger partial charge is 0.103 e. The van der Waals surface area contributed by atoms with Crippen LogP contribution in [0.25, 0.3) is 6.08 Å². The van der Waals surface area contributed by atoms with E-state index in [1.807, 2.05) is 0 Å². The van der Waals surface area contributed by atoms with Gasteiger partial charge in [0, 0.05) is 0 Å². The molecule has 0 heterocycles. The minimum atomic E-state index is 0.756. The molecule has 0 nitrogen and oxygen atoms in total. The average Bonchev–Trinajstić information content (AvgIpc) is 2.67. The molecule has 0 aromatic heterocycles. The van der Waals surface area contributed by atoms with Crippen LogP contribution in [0.5, 0.6) is 0 Å². The Labute approximate surface area is 149 Å². The molecule has 1 aromatic carbocycles. The molecule has 0 radical (unpaired) electrons. The quantitative estimate of drug-likeness (QED) is 0.496. The summed E-state index contributed by atoms with van der Waals surface area (Å²) in [5, 5.41) is 0. The van der Waals surface area contributed by atoms with E-state index in [1.54, 1.807) is 0 Å². The molecule has 130 valence electrons. The molecule has 0 heteroatoms. The molecule has 0 N–H and O–H groups in total. The smallest absolute Gasteiger partial charge is 0.0162 e. The van der Waals surface area contributed by atoms with Gasteiger partial charge in [-0.3, -0.25) is 0 Å². The van der Waals surface area contributed by atoms with Crippen molar-refractivity contribution in [1.29, 1.82) is 0 Å². The van der Waals surface area contributed by atoms with Crippen molar-refractivity contribution in [2.75, 3.05) is 0 Å². The summed E-state index contributed by atoms with van der Waals surface area (Å²) < 4.78 is 0. The first-order valence-electron chi connectivity index (χ1n) is 10.2. The number of rotatable bonds is 5. The third kappa shape index (κ3) is 4.62. The minimum Gasteiger partial charge on any atom is -0.103 e. The molecule has 0 saturated heterocycles. The van der Waals surface area contributed by atoms with Crippen molar-refractivity contribution in [3.63, 3.8) is 0 Å². The van der Waals surface area contributed by atoms with Crippen molar-refractivity contribution >= 4 is 6.08 Å². The van der Waals surface area contributed by atoms with Crippen LogP contribution in [0.3, 0.4) is 0 Å². The van der Waals surface area contributed by atoms with Gasteiger partial charge in [-0.15, -0.1) is 6.58 Å². The second kappa shape index (κ2) is 8.70. The topological polar surface area (TPSA) is 0 Å². The zero-order valence-electron chi connectivity index (χ0n) is 15.4. The van der Waals surface area contributed by atoms with Crippen LogP contribution in [0.2, 0.25) is 0 Å². The molecule has 1 aromatic rings. The Morgan fingerprint density at radius 2 is 1.50 bits per heavy atom. The Hall–Kier alpha value is -1.30. The molecule has 2 saturated carbocycles. The van der Waals surface area contributed by atoms with Gasteiger partial charge in [0.15, 0.2) is 0 Å². The van der Waals surface area contributed by atoms with Crippen molar-refractivity contribution in [3.05, 3.63) is 54.1 Å². The van der Waals surface area contributed by atoms with E-state index < -0.39 is 0 Å². The zero-order chi connectivity index (χ0) is 16.8. The standard InChI is InChI=1S/C24H34/c1-3-19-5-7-21(8-6-19)9-10-22-13-17-24(18-14-22)23-15-11-20(4-2)12-16-23/h4,9-10,13-14,17-21,23H,2-3,5-8,11-12,15-16H2,1H3/b10-9+. The molecular weight excluding hydrogens is 288 g/mol. The van der Waals surface area contributed by atoms with Crippen LogP contribution in [-0.2, 0) is 0 Å². The second-order valence-electron chi connectivity index (χ2n) is 8.06. The van der Waals surface area contributed by atoms with Crippen molar-refractivity contribution in [2.24, 2.45) is 17.8 Å². The predicted octanol–water partition coefficient (Wildman–Crippen LogP) is 7.38. The summed E-state index contributed by atoms with van der Waals surface area (Å²) >= 11 is 0. The summed E-state index contributed by atoms with van der Waals surface area (Å²) in [7, 11) is 0. The van der Waals surface area contributed by atoms with Crippen LogP contribution in [-0.4, -0.2) is 0 Å². The Morgan fingerprint density at radius 1 is 0.875 bits per heavy atom. The monoisotopic (exact) mass is 322 g/mol. The van der Waals surface area contributed by atoms with Gasteiger partial charge in [0.2, 0.25) is 0 Å². The van der Waals surface area contributed by atoms with Gasteiger partial charge in [-0.05, 0) is 86.2 Å². The lowest BCUT2D eigenvalue weighted by Gasteiger charge is -2.27. The summed E-state index contributed by atoms with van der Waals surface area (Å²) in [5.74, 6) is 3.32. The molecule has 2 aliphatic rings. The normalized spacial score (nSPS) is 31.2. The Balaban J connectivity index is 1.51. The van der Waals surface area contributed by atoms with E-state index in [1.165, 1.54) is 68.9 Å². The molecule has 0 spiro atoms. The van der Waals surface area contributed by atoms with Gasteiger partial charge in [-0.1, -0.05) is 55.8 Å². The highest BCUT2D eigenvalue weighted by molar-refractivity contribution is 5.50. The van der Waals surface area contributed by atoms with Crippen molar-refractivity contribution in [3.8, 4) is 0 Å². The summed E-state index contributed by atoms with van der Waals surface area (Å²) in [4.78, 5) is 0. The Kier molecular flexibility index (Phi) is 6.35. The van der Waals surface area contributed by atoms with Crippen molar-refractivity contribution < 1.29 is 0 Å². The van der Waals surface area contributed by atoms with Gasteiger partial charge in [-0.25, -0.2) is 0 Å². The lowest BCUT2D eigenvalue weighted by Crippen LogP contribution is -2.12. The van der Waals surface area contributed by atoms with E-state index in [0.29, 0.717) is 0 Å². The van der Waals surface area contributed by atoms with E-state index in [0.717, 1.165) is 23.7 Å². The van der Waals surface area contributed by atoms with Crippen molar-refractivity contribution in [1.82, 2.24) is 0 Å². The molecule has 3 rings (SSSR count). The zero-order valence-corrected chi connectivity index (χ0v) is 15.4. The fourth-order valence-electron chi connectivity index (χ4n) is 4.60. The van der Waals surface area contributed by atoms with Crippen LogP contribution in [0.1, 0.15) is 81.8 Å². The molecule has 0 bridgehead atoms. The second-order valence-corrected chi connectivity index (χ2v) is 8.06. The highest BCUT2D eigenvalue weighted by Crippen LogP contribution is 2.36. The van der Waals surface area contributed by atoms with E-state index in [2.05, 4.69) is 56.0 Å². The van der Waals surface area contributed by atoms with Gasteiger partial charge < -0.3 is 0 Å². The fourth-order valence-corrected chi connectivity index (χ4v) is 4.60. The lowest BCUT2D eigenvalue weighted by molar-refractivity contribution is 0.304. The van der Waals surface area contributed by atoms with Crippen LogP contribution in [0.15, 0.2) is 43.0 Å².